The van der Waals surface area contributed by atoms with Gasteiger partial charge < -0.3 is 10.1 Å². The van der Waals surface area contributed by atoms with Gasteiger partial charge in [-0.1, -0.05) is 30.3 Å². The topological polar surface area (TPSA) is 41.6 Å². The largest absolute Gasteiger partial charge is 0.379 e. The van der Waals surface area contributed by atoms with Crippen molar-refractivity contribution in [1.29, 1.82) is 0 Å². The van der Waals surface area contributed by atoms with Crippen LogP contribution in [0.5, 0.6) is 0 Å². The molecule has 0 saturated carbocycles. The van der Waals surface area contributed by atoms with Crippen LogP contribution in [0.2, 0.25) is 0 Å². The highest BCUT2D eigenvalue weighted by atomic mass is 16.5. The van der Waals surface area contributed by atoms with E-state index < -0.39 is 0 Å². The molecule has 4 heteroatoms. The zero-order valence-corrected chi connectivity index (χ0v) is 14.5. The third-order valence-corrected chi connectivity index (χ3v) is 4.28. The average Bonchev–Trinajstić information content (AvgIpc) is 2.56. The van der Waals surface area contributed by atoms with Gasteiger partial charge >= 0.3 is 0 Å². The molecule has 2 rings (SSSR count). The quantitative estimate of drug-likeness (QED) is 0.750. The van der Waals surface area contributed by atoms with Crippen LogP contribution in [0.4, 0.5) is 0 Å². The van der Waals surface area contributed by atoms with Gasteiger partial charge in [0.1, 0.15) is 0 Å². The molecule has 0 radical (unpaired) electrons. The summed E-state index contributed by atoms with van der Waals surface area (Å²) in [4.78, 5) is 14.6. The molecule has 1 N–H and O–H groups in total. The Kier molecular flexibility index (Phi) is 7.56. The predicted octanol–water partition coefficient (Wildman–Crippen LogP) is 2.83. The molecular formula is C19H30N2O2. The molecule has 1 aliphatic rings. The van der Waals surface area contributed by atoms with Crippen molar-refractivity contribution in [3.05, 3.63) is 35.9 Å². The van der Waals surface area contributed by atoms with E-state index in [1.165, 1.54) is 5.56 Å². The van der Waals surface area contributed by atoms with Gasteiger partial charge in [-0.15, -0.1) is 0 Å². The molecule has 1 fully saturated rings. The summed E-state index contributed by atoms with van der Waals surface area (Å²) in [6, 6.07) is 10.5. The monoisotopic (exact) mass is 318 g/mol. The van der Waals surface area contributed by atoms with Crippen molar-refractivity contribution < 1.29 is 9.53 Å². The summed E-state index contributed by atoms with van der Waals surface area (Å²) in [5.74, 6) is 0.391. The number of piperidine rings is 1. The number of hydrogen-bond acceptors (Lipinski definition) is 3. The van der Waals surface area contributed by atoms with Gasteiger partial charge in [-0.25, -0.2) is 0 Å². The molecule has 1 aromatic carbocycles. The molecule has 1 heterocycles. The maximum atomic E-state index is 12.2. The molecule has 0 aliphatic carbocycles. The van der Waals surface area contributed by atoms with Crippen molar-refractivity contribution in [3.8, 4) is 0 Å². The predicted molar refractivity (Wildman–Crippen MR) is 93.2 cm³/mol. The van der Waals surface area contributed by atoms with Gasteiger partial charge in [0.25, 0.3) is 0 Å². The smallest absolute Gasteiger partial charge is 0.223 e. The fraction of sp³-hybridized carbons (Fsp3) is 0.632. The van der Waals surface area contributed by atoms with Crippen LogP contribution in [-0.4, -0.2) is 43.2 Å². The summed E-state index contributed by atoms with van der Waals surface area (Å²) in [6.45, 7) is 8.49. The zero-order chi connectivity index (χ0) is 16.5. The van der Waals surface area contributed by atoms with Gasteiger partial charge in [0, 0.05) is 25.6 Å². The highest BCUT2D eigenvalue weighted by Gasteiger charge is 2.24. The Labute approximate surface area is 140 Å². The van der Waals surface area contributed by atoms with Crippen molar-refractivity contribution in [2.45, 2.75) is 45.8 Å². The number of likely N-dealkylation sites (tertiary alicyclic amines) is 1. The first-order valence-electron chi connectivity index (χ1n) is 8.80. The second-order valence-corrected chi connectivity index (χ2v) is 6.60. The summed E-state index contributed by atoms with van der Waals surface area (Å²) in [6.07, 6.45) is 3.07. The minimum atomic E-state index is 0.174. The molecule has 23 heavy (non-hydrogen) atoms. The van der Waals surface area contributed by atoms with Gasteiger partial charge in [-0.2, -0.15) is 0 Å². The van der Waals surface area contributed by atoms with E-state index in [4.69, 9.17) is 4.74 Å². The van der Waals surface area contributed by atoms with Gasteiger partial charge in [0.2, 0.25) is 5.91 Å². The Morgan fingerprint density at radius 3 is 2.61 bits per heavy atom. The maximum Gasteiger partial charge on any atom is 0.223 e. The Bertz CT molecular complexity index is 454. The fourth-order valence-corrected chi connectivity index (χ4v) is 2.94. The normalized spacial score (nSPS) is 16.7. The Morgan fingerprint density at radius 1 is 1.26 bits per heavy atom. The van der Waals surface area contributed by atoms with E-state index in [9.17, 15) is 4.79 Å². The van der Waals surface area contributed by atoms with Crippen LogP contribution in [-0.2, 0) is 16.1 Å². The fourth-order valence-electron chi connectivity index (χ4n) is 2.94. The summed E-state index contributed by atoms with van der Waals surface area (Å²) < 4.78 is 5.48. The molecule has 0 aromatic heterocycles. The van der Waals surface area contributed by atoms with Crippen LogP contribution in [0.25, 0.3) is 0 Å². The van der Waals surface area contributed by atoms with Crippen molar-refractivity contribution in [3.63, 3.8) is 0 Å². The number of ether oxygens (including phenoxy) is 1. The van der Waals surface area contributed by atoms with E-state index in [0.29, 0.717) is 6.61 Å². The summed E-state index contributed by atoms with van der Waals surface area (Å²) >= 11 is 0. The van der Waals surface area contributed by atoms with Crippen molar-refractivity contribution in [1.82, 2.24) is 10.2 Å². The molecular weight excluding hydrogens is 288 g/mol. The van der Waals surface area contributed by atoms with Gasteiger partial charge in [-0.05, 0) is 51.8 Å². The number of benzene rings is 1. The number of carbonyl (C=O) groups is 1. The van der Waals surface area contributed by atoms with Crippen LogP contribution >= 0.6 is 0 Å². The summed E-state index contributed by atoms with van der Waals surface area (Å²) in [5, 5.41) is 3.05. The number of hydrogen-bond donors (Lipinski definition) is 1. The highest BCUT2D eigenvalue weighted by Crippen LogP contribution is 2.19. The minimum absolute atomic E-state index is 0.174. The Hall–Kier alpha value is -1.39. The Morgan fingerprint density at radius 2 is 1.96 bits per heavy atom. The minimum Gasteiger partial charge on any atom is -0.379 e. The number of carbonyl (C=O) groups excluding carboxylic acids is 1. The van der Waals surface area contributed by atoms with Crippen LogP contribution in [0.3, 0.4) is 0 Å². The lowest BCUT2D eigenvalue weighted by Gasteiger charge is -2.31. The standard InChI is InChI=1S/C19H30N2O2/c1-16(2)23-14-6-11-20-19(22)18-9-12-21(13-10-18)15-17-7-4-3-5-8-17/h3-5,7-8,16,18H,6,9-15H2,1-2H3,(H,20,22). The number of rotatable bonds is 8. The lowest BCUT2D eigenvalue weighted by atomic mass is 9.95. The SMILES string of the molecule is CC(C)OCCCNC(=O)C1CCN(Cc2ccccc2)CC1. The molecule has 0 atom stereocenters. The molecule has 1 aliphatic heterocycles. The molecule has 4 nitrogen and oxygen atoms in total. The zero-order valence-electron chi connectivity index (χ0n) is 14.5. The number of nitrogens with zero attached hydrogens (tertiary/aromatic N) is 1. The molecule has 1 amide bonds. The number of amides is 1. The summed E-state index contributed by atoms with van der Waals surface area (Å²) in [7, 11) is 0. The molecule has 0 spiro atoms. The first kappa shape index (κ1) is 18.0. The average molecular weight is 318 g/mol. The second-order valence-electron chi connectivity index (χ2n) is 6.60. The van der Waals surface area contributed by atoms with Gasteiger partial charge in [0.15, 0.2) is 0 Å². The van der Waals surface area contributed by atoms with Crippen molar-refractivity contribution in [2.24, 2.45) is 5.92 Å². The van der Waals surface area contributed by atoms with Crippen LogP contribution in [0.15, 0.2) is 30.3 Å². The molecule has 0 unspecified atom stereocenters. The molecule has 1 aromatic rings. The van der Waals surface area contributed by atoms with Crippen LogP contribution in [0.1, 0.15) is 38.7 Å². The van der Waals surface area contributed by atoms with E-state index in [-0.39, 0.29) is 17.9 Å². The van der Waals surface area contributed by atoms with Gasteiger partial charge in [-0.3, -0.25) is 9.69 Å². The van der Waals surface area contributed by atoms with E-state index in [0.717, 1.165) is 45.4 Å². The first-order chi connectivity index (χ1) is 11.1. The maximum absolute atomic E-state index is 12.2. The van der Waals surface area contributed by atoms with Crippen LogP contribution < -0.4 is 5.32 Å². The lowest BCUT2D eigenvalue weighted by Crippen LogP contribution is -2.40. The lowest BCUT2D eigenvalue weighted by molar-refractivity contribution is -0.126. The molecule has 1 saturated heterocycles. The molecule has 128 valence electrons. The Balaban J connectivity index is 1.61. The van der Waals surface area contributed by atoms with E-state index in [1.807, 2.05) is 19.9 Å². The third kappa shape index (κ3) is 6.71. The van der Waals surface area contributed by atoms with E-state index in [2.05, 4.69) is 34.5 Å². The first-order valence-corrected chi connectivity index (χ1v) is 8.80. The van der Waals surface area contributed by atoms with Crippen molar-refractivity contribution in [2.75, 3.05) is 26.2 Å². The van der Waals surface area contributed by atoms with Crippen LogP contribution in [0, 0.1) is 5.92 Å². The molecule has 0 bridgehead atoms. The second kappa shape index (κ2) is 9.68. The van der Waals surface area contributed by atoms with E-state index in [1.54, 1.807) is 0 Å². The highest BCUT2D eigenvalue weighted by molar-refractivity contribution is 5.78. The summed E-state index contributed by atoms with van der Waals surface area (Å²) in [5.41, 5.74) is 1.35. The third-order valence-electron chi connectivity index (χ3n) is 4.28. The number of nitrogens with one attached hydrogen (secondary N) is 1. The van der Waals surface area contributed by atoms with E-state index >= 15 is 0 Å². The van der Waals surface area contributed by atoms with Crippen molar-refractivity contribution >= 4 is 5.91 Å². The van der Waals surface area contributed by atoms with Gasteiger partial charge in [0.05, 0.1) is 6.10 Å².